The Morgan fingerprint density at radius 1 is 1.16 bits per heavy atom. The van der Waals surface area contributed by atoms with Crippen LogP contribution in [0.4, 0.5) is 0 Å². The molecule has 0 aliphatic carbocycles. The first kappa shape index (κ1) is 17.2. The number of aryl methyl sites for hydroxylation is 1. The van der Waals surface area contributed by atoms with Gasteiger partial charge in [-0.3, -0.25) is 9.89 Å². The van der Waals surface area contributed by atoms with Crippen molar-refractivity contribution < 1.29 is 4.79 Å². The minimum Gasteiger partial charge on any atom is -0.349 e. The number of aromatic nitrogens is 3. The number of nitrogens with zero attached hydrogens (tertiary/aromatic N) is 2. The van der Waals surface area contributed by atoms with Crippen LogP contribution in [0, 0.1) is 6.92 Å². The largest absolute Gasteiger partial charge is 0.349 e. The summed E-state index contributed by atoms with van der Waals surface area (Å²) in [7, 11) is 0. The minimum atomic E-state index is -0.108. The second-order valence-electron chi connectivity index (χ2n) is 5.80. The molecule has 0 radical (unpaired) electrons. The summed E-state index contributed by atoms with van der Waals surface area (Å²) >= 11 is 6.37. The number of halogens is 1. The van der Waals surface area contributed by atoms with Crippen molar-refractivity contribution in [2.24, 2.45) is 0 Å². The molecule has 1 amide bonds. The minimum absolute atomic E-state index is 0.0729. The standard InChI is InChI=1S/C19H19ClN4O/c1-13-22-18(24-23-13)12-21-19(25)11-16(14-7-3-2-4-8-14)15-9-5-6-10-17(15)20/h2-10,16H,11-12H2,1H3,(H,21,25)(H,22,23,24)/t16-/m0/s1. The third-order valence-corrected chi connectivity index (χ3v) is 4.30. The van der Waals surface area contributed by atoms with Gasteiger partial charge < -0.3 is 5.32 Å². The average molecular weight is 355 g/mol. The molecule has 0 fully saturated rings. The smallest absolute Gasteiger partial charge is 0.221 e. The molecule has 0 saturated carbocycles. The van der Waals surface area contributed by atoms with E-state index in [2.05, 4.69) is 20.5 Å². The molecule has 5 nitrogen and oxygen atoms in total. The van der Waals surface area contributed by atoms with Gasteiger partial charge in [0.1, 0.15) is 5.82 Å². The third kappa shape index (κ3) is 4.45. The van der Waals surface area contributed by atoms with E-state index in [1.54, 1.807) is 0 Å². The van der Waals surface area contributed by atoms with Gasteiger partial charge in [0, 0.05) is 17.4 Å². The fourth-order valence-electron chi connectivity index (χ4n) is 2.75. The normalized spacial score (nSPS) is 11.9. The molecule has 3 rings (SSSR count). The Balaban J connectivity index is 1.76. The zero-order valence-electron chi connectivity index (χ0n) is 13.9. The van der Waals surface area contributed by atoms with Gasteiger partial charge in [0.05, 0.1) is 6.54 Å². The van der Waals surface area contributed by atoms with Gasteiger partial charge in [-0.25, -0.2) is 4.98 Å². The summed E-state index contributed by atoms with van der Waals surface area (Å²) in [5.41, 5.74) is 2.00. The molecule has 0 bridgehead atoms. The molecule has 0 unspecified atom stereocenters. The van der Waals surface area contributed by atoms with Gasteiger partial charge in [0.15, 0.2) is 5.82 Å². The van der Waals surface area contributed by atoms with Crippen LogP contribution in [0.3, 0.4) is 0 Å². The van der Waals surface area contributed by atoms with E-state index in [1.165, 1.54) is 0 Å². The van der Waals surface area contributed by atoms with E-state index in [-0.39, 0.29) is 11.8 Å². The van der Waals surface area contributed by atoms with Crippen LogP contribution in [-0.4, -0.2) is 21.1 Å². The first-order valence-electron chi connectivity index (χ1n) is 8.07. The Labute approximate surface area is 151 Å². The van der Waals surface area contributed by atoms with Gasteiger partial charge in [0.2, 0.25) is 5.91 Å². The highest BCUT2D eigenvalue weighted by atomic mass is 35.5. The summed E-state index contributed by atoms with van der Waals surface area (Å²) in [5, 5.41) is 10.3. The molecule has 1 heterocycles. The van der Waals surface area contributed by atoms with Crippen molar-refractivity contribution >= 4 is 17.5 Å². The number of nitrogens with one attached hydrogen (secondary N) is 2. The van der Waals surface area contributed by atoms with Gasteiger partial charge in [0.25, 0.3) is 0 Å². The molecular weight excluding hydrogens is 336 g/mol. The predicted octanol–water partition coefficient (Wildman–Crippen LogP) is 3.60. The molecule has 1 aromatic heterocycles. The second kappa shape index (κ2) is 7.94. The van der Waals surface area contributed by atoms with Gasteiger partial charge in [-0.15, -0.1) is 0 Å². The lowest BCUT2D eigenvalue weighted by atomic mass is 9.88. The number of H-pyrrole nitrogens is 1. The predicted molar refractivity (Wildman–Crippen MR) is 97.3 cm³/mol. The molecule has 0 spiro atoms. The van der Waals surface area contributed by atoms with Crippen molar-refractivity contribution in [3.63, 3.8) is 0 Å². The molecule has 2 aromatic carbocycles. The molecule has 0 aliphatic heterocycles. The van der Waals surface area contributed by atoms with Crippen LogP contribution in [0.15, 0.2) is 54.6 Å². The molecule has 25 heavy (non-hydrogen) atoms. The fraction of sp³-hybridized carbons (Fsp3) is 0.211. The van der Waals surface area contributed by atoms with E-state index in [0.29, 0.717) is 23.8 Å². The monoisotopic (exact) mass is 354 g/mol. The van der Waals surface area contributed by atoms with E-state index < -0.39 is 0 Å². The number of hydrogen-bond donors (Lipinski definition) is 2. The zero-order chi connectivity index (χ0) is 17.6. The third-order valence-electron chi connectivity index (χ3n) is 3.96. The first-order valence-corrected chi connectivity index (χ1v) is 8.45. The zero-order valence-corrected chi connectivity index (χ0v) is 14.6. The van der Waals surface area contributed by atoms with E-state index >= 15 is 0 Å². The summed E-state index contributed by atoms with van der Waals surface area (Å²) in [5.74, 6) is 1.11. The molecule has 2 N–H and O–H groups in total. The van der Waals surface area contributed by atoms with E-state index in [9.17, 15) is 4.79 Å². The van der Waals surface area contributed by atoms with Crippen molar-refractivity contribution in [3.05, 3.63) is 82.4 Å². The van der Waals surface area contributed by atoms with Crippen molar-refractivity contribution in [2.45, 2.75) is 25.8 Å². The maximum atomic E-state index is 12.5. The van der Waals surface area contributed by atoms with Crippen LogP contribution in [0.25, 0.3) is 0 Å². The molecular formula is C19H19ClN4O. The highest BCUT2D eigenvalue weighted by Crippen LogP contribution is 2.32. The van der Waals surface area contributed by atoms with Gasteiger partial charge in [-0.1, -0.05) is 60.1 Å². The Morgan fingerprint density at radius 2 is 1.88 bits per heavy atom. The van der Waals surface area contributed by atoms with Crippen molar-refractivity contribution in [2.75, 3.05) is 0 Å². The number of carbonyl (C=O) groups excluding carboxylic acids is 1. The number of carbonyl (C=O) groups is 1. The maximum absolute atomic E-state index is 12.5. The number of amides is 1. The first-order chi connectivity index (χ1) is 12.1. The van der Waals surface area contributed by atoms with Crippen LogP contribution < -0.4 is 5.32 Å². The van der Waals surface area contributed by atoms with Crippen LogP contribution in [0.5, 0.6) is 0 Å². The van der Waals surface area contributed by atoms with Crippen molar-refractivity contribution in [3.8, 4) is 0 Å². The maximum Gasteiger partial charge on any atom is 0.221 e. The van der Waals surface area contributed by atoms with Crippen LogP contribution in [0.1, 0.15) is 35.1 Å². The lowest BCUT2D eigenvalue weighted by Gasteiger charge is -2.19. The van der Waals surface area contributed by atoms with Crippen LogP contribution in [0.2, 0.25) is 5.02 Å². The number of aromatic amines is 1. The van der Waals surface area contributed by atoms with Gasteiger partial charge in [-0.05, 0) is 24.1 Å². The number of rotatable bonds is 6. The SMILES string of the molecule is Cc1nc(CNC(=O)C[C@@H](c2ccccc2)c2ccccc2Cl)n[nH]1. The summed E-state index contributed by atoms with van der Waals surface area (Å²) in [4.78, 5) is 16.7. The molecule has 128 valence electrons. The molecule has 3 aromatic rings. The summed E-state index contributed by atoms with van der Waals surface area (Å²) < 4.78 is 0. The second-order valence-corrected chi connectivity index (χ2v) is 6.21. The Morgan fingerprint density at radius 3 is 2.56 bits per heavy atom. The number of benzene rings is 2. The number of hydrogen-bond acceptors (Lipinski definition) is 3. The summed E-state index contributed by atoms with van der Waals surface area (Å²) in [6, 6.07) is 17.6. The Hall–Kier alpha value is -2.66. The highest BCUT2D eigenvalue weighted by Gasteiger charge is 2.20. The topological polar surface area (TPSA) is 70.7 Å². The fourth-order valence-corrected chi connectivity index (χ4v) is 3.02. The quantitative estimate of drug-likeness (QED) is 0.710. The lowest BCUT2D eigenvalue weighted by molar-refractivity contribution is -0.121. The van der Waals surface area contributed by atoms with Gasteiger partial charge in [-0.2, -0.15) is 5.10 Å². The Bertz CT molecular complexity index is 847. The van der Waals surface area contributed by atoms with E-state index in [0.717, 1.165) is 17.0 Å². The van der Waals surface area contributed by atoms with E-state index in [4.69, 9.17) is 11.6 Å². The van der Waals surface area contributed by atoms with Gasteiger partial charge >= 0.3 is 0 Å². The molecule has 6 heteroatoms. The van der Waals surface area contributed by atoms with Crippen molar-refractivity contribution in [1.82, 2.24) is 20.5 Å². The average Bonchev–Trinajstić information content (AvgIpc) is 3.05. The van der Waals surface area contributed by atoms with Crippen LogP contribution in [-0.2, 0) is 11.3 Å². The van der Waals surface area contributed by atoms with Crippen LogP contribution >= 0.6 is 11.6 Å². The molecule has 1 atom stereocenters. The highest BCUT2D eigenvalue weighted by molar-refractivity contribution is 6.31. The molecule has 0 aliphatic rings. The molecule has 0 saturated heterocycles. The summed E-state index contributed by atoms with van der Waals surface area (Å²) in [6.45, 7) is 2.12. The summed E-state index contributed by atoms with van der Waals surface area (Å²) in [6.07, 6.45) is 0.303. The van der Waals surface area contributed by atoms with E-state index in [1.807, 2.05) is 61.5 Å². The van der Waals surface area contributed by atoms with Crippen molar-refractivity contribution in [1.29, 1.82) is 0 Å². The Kier molecular flexibility index (Phi) is 5.46. The lowest BCUT2D eigenvalue weighted by Crippen LogP contribution is -2.25.